The lowest BCUT2D eigenvalue weighted by Gasteiger charge is -2.12. The average Bonchev–Trinajstić information content (AvgIpc) is 2.81. The molecule has 19 heavy (non-hydrogen) atoms. The largest absolute Gasteiger partial charge is 0.389 e. The number of benzene rings is 1. The lowest BCUT2D eigenvalue weighted by Crippen LogP contribution is -2.15. The molecule has 100 valence electrons. The third-order valence-electron chi connectivity index (χ3n) is 3.21. The minimum atomic E-state index is 0.408. The van der Waals surface area contributed by atoms with Crippen molar-refractivity contribution in [1.29, 1.82) is 0 Å². The predicted molar refractivity (Wildman–Crippen MR) is 82.9 cm³/mol. The summed E-state index contributed by atoms with van der Waals surface area (Å²) in [5.41, 5.74) is 11.1. The normalized spacial score (nSPS) is 10.7. The van der Waals surface area contributed by atoms with Crippen LogP contribution in [0.3, 0.4) is 0 Å². The molecule has 0 fully saturated rings. The van der Waals surface area contributed by atoms with E-state index in [4.69, 9.17) is 18.0 Å². The summed E-state index contributed by atoms with van der Waals surface area (Å²) in [6.07, 6.45) is 1.85. The lowest BCUT2D eigenvalue weighted by molar-refractivity contribution is 0.792. The van der Waals surface area contributed by atoms with Gasteiger partial charge >= 0.3 is 0 Å². The van der Waals surface area contributed by atoms with Gasteiger partial charge in [-0.3, -0.25) is 0 Å². The molecule has 3 nitrogen and oxygen atoms in total. The van der Waals surface area contributed by atoms with Crippen molar-refractivity contribution < 1.29 is 0 Å². The second-order valence-corrected chi connectivity index (χ2v) is 5.07. The first-order chi connectivity index (χ1) is 9.06. The zero-order chi connectivity index (χ0) is 14.0. The molecule has 0 aliphatic rings. The second-order valence-electron chi connectivity index (χ2n) is 4.63. The Labute approximate surface area is 119 Å². The summed E-state index contributed by atoms with van der Waals surface area (Å²) >= 11 is 5.14. The number of hydrogen-bond donors (Lipinski definition) is 1. The molecular formula is C15H19N3S. The van der Waals surface area contributed by atoms with Crippen LogP contribution >= 0.6 is 12.2 Å². The molecule has 0 amide bonds. The number of thiocarbonyl (C=S) groups is 1. The Morgan fingerprint density at radius 2 is 2.00 bits per heavy atom. The summed E-state index contributed by atoms with van der Waals surface area (Å²) in [7, 11) is 0. The quantitative estimate of drug-likeness (QED) is 0.871. The summed E-state index contributed by atoms with van der Waals surface area (Å²) in [5.74, 6) is 0. The van der Waals surface area contributed by atoms with E-state index in [1.54, 1.807) is 0 Å². The van der Waals surface area contributed by atoms with Gasteiger partial charge in [-0.2, -0.15) is 5.10 Å². The summed E-state index contributed by atoms with van der Waals surface area (Å²) in [4.78, 5) is 0.408. The van der Waals surface area contributed by atoms with Crippen LogP contribution in [0.1, 0.15) is 36.4 Å². The van der Waals surface area contributed by atoms with Crippen LogP contribution in [0.25, 0.3) is 5.69 Å². The van der Waals surface area contributed by atoms with Crippen LogP contribution in [-0.4, -0.2) is 14.8 Å². The van der Waals surface area contributed by atoms with E-state index in [1.165, 1.54) is 11.3 Å². The molecule has 0 radical (unpaired) electrons. The smallest absolute Gasteiger partial charge is 0.106 e. The molecule has 4 heteroatoms. The van der Waals surface area contributed by atoms with Crippen molar-refractivity contribution in [3.8, 4) is 5.69 Å². The summed E-state index contributed by atoms with van der Waals surface area (Å²) in [6.45, 7) is 6.29. The van der Waals surface area contributed by atoms with Crippen molar-refractivity contribution in [2.45, 2.75) is 33.6 Å². The van der Waals surface area contributed by atoms with Crippen LogP contribution in [0.15, 0.2) is 24.3 Å². The number of nitrogens with two attached hydrogens (primary N) is 1. The Balaban J connectivity index is 2.66. The molecule has 0 saturated carbocycles. The Morgan fingerprint density at radius 1 is 1.26 bits per heavy atom. The average molecular weight is 273 g/mol. The molecule has 0 spiro atoms. The van der Waals surface area contributed by atoms with Gasteiger partial charge in [-0.15, -0.1) is 0 Å². The minimum absolute atomic E-state index is 0.408. The SMILES string of the molecule is CCc1cc(CC)n(-c2cc(C)ccc2C(N)=S)n1. The van der Waals surface area contributed by atoms with Gasteiger partial charge in [-0.25, -0.2) is 4.68 Å². The third kappa shape index (κ3) is 2.68. The van der Waals surface area contributed by atoms with Crippen molar-refractivity contribution in [3.05, 3.63) is 46.8 Å². The zero-order valence-corrected chi connectivity index (χ0v) is 12.4. The third-order valence-corrected chi connectivity index (χ3v) is 3.42. The van der Waals surface area contributed by atoms with Gasteiger partial charge in [0.2, 0.25) is 0 Å². The Morgan fingerprint density at radius 3 is 2.58 bits per heavy atom. The molecule has 2 rings (SSSR count). The molecule has 1 aromatic heterocycles. The van der Waals surface area contributed by atoms with Gasteiger partial charge in [-0.05, 0) is 43.5 Å². The van der Waals surface area contributed by atoms with Gasteiger partial charge in [0.05, 0.1) is 11.4 Å². The van der Waals surface area contributed by atoms with Crippen molar-refractivity contribution in [3.63, 3.8) is 0 Å². The highest BCUT2D eigenvalue weighted by atomic mass is 32.1. The Bertz CT molecular complexity index is 614. The van der Waals surface area contributed by atoms with Crippen LogP contribution in [0.5, 0.6) is 0 Å². The summed E-state index contributed by atoms with van der Waals surface area (Å²) in [6, 6.07) is 8.22. The molecule has 0 saturated heterocycles. The molecule has 0 aliphatic carbocycles. The Kier molecular flexibility index (Phi) is 4.00. The van der Waals surface area contributed by atoms with E-state index in [9.17, 15) is 0 Å². The molecular weight excluding hydrogens is 254 g/mol. The molecule has 1 heterocycles. The highest BCUT2D eigenvalue weighted by Crippen LogP contribution is 2.20. The predicted octanol–water partition coefficient (Wildman–Crippen LogP) is 2.94. The van der Waals surface area contributed by atoms with Gasteiger partial charge in [-0.1, -0.05) is 32.1 Å². The monoisotopic (exact) mass is 273 g/mol. The first-order valence-electron chi connectivity index (χ1n) is 6.55. The van der Waals surface area contributed by atoms with E-state index in [0.29, 0.717) is 4.99 Å². The van der Waals surface area contributed by atoms with Crippen molar-refractivity contribution >= 4 is 17.2 Å². The van der Waals surface area contributed by atoms with Crippen molar-refractivity contribution in [2.75, 3.05) is 0 Å². The Hall–Kier alpha value is -1.68. The van der Waals surface area contributed by atoms with Crippen LogP contribution < -0.4 is 5.73 Å². The van der Waals surface area contributed by atoms with Crippen molar-refractivity contribution in [2.24, 2.45) is 5.73 Å². The lowest BCUT2D eigenvalue weighted by atomic mass is 10.1. The van der Waals surface area contributed by atoms with E-state index < -0.39 is 0 Å². The first kappa shape index (κ1) is 13.7. The van der Waals surface area contributed by atoms with Crippen LogP contribution in [-0.2, 0) is 12.8 Å². The summed E-state index contributed by atoms with van der Waals surface area (Å²) < 4.78 is 1.97. The number of aromatic nitrogens is 2. The number of hydrogen-bond acceptors (Lipinski definition) is 2. The van der Waals surface area contributed by atoms with Crippen LogP contribution in [0.4, 0.5) is 0 Å². The number of nitrogens with zero attached hydrogens (tertiary/aromatic N) is 2. The molecule has 0 atom stereocenters. The fourth-order valence-electron chi connectivity index (χ4n) is 2.13. The maximum atomic E-state index is 5.82. The van der Waals surface area contributed by atoms with E-state index in [-0.39, 0.29) is 0 Å². The first-order valence-corrected chi connectivity index (χ1v) is 6.96. The van der Waals surface area contributed by atoms with Gasteiger partial charge < -0.3 is 5.73 Å². The molecule has 2 N–H and O–H groups in total. The fraction of sp³-hybridized carbons (Fsp3) is 0.333. The number of rotatable bonds is 4. The maximum Gasteiger partial charge on any atom is 0.106 e. The molecule has 0 unspecified atom stereocenters. The van der Waals surface area contributed by atoms with Crippen molar-refractivity contribution in [1.82, 2.24) is 9.78 Å². The van der Waals surface area contributed by atoms with E-state index in [1.807, 2.05) is 16.8 Å². The van der Waals surface area contributed by atoms with Crippen LogP contribution in [0, 0.1) is 6.92 Å². The molecule has 1 aromatic carbocycles. The molecule has 0 aliphatic heterocycles. The second kappa shape index (κ2) is 5.53. The molecule has 0 bridgehead atoms. The van der Waals surface area contributed by atoms with Gasteiger partial charge in [0.15, 0.2) is 0 Å². The topological polar surface area (TPSA) is 43.8 Å². The van der Waals surface area contributed by atoms with Gasteiger partial charge in [0, 0.05) is 11.3 Å². The summed E-state index contributed by atoms with van der Waals surface area (Å²) in [5, 5.41) is 4.66. The van der Waals surface area contributed by atoms with Crippen LogP contribution in [0.2, 0.25) is 0 Å². The highest BCUT2D eigenvalue weighted by Gasteiger charge is 2.13. The van der Waals surface area contributed by atoms with E-state index >= 15 is 0 Å². The fourth-order valence-corrected chi connectivity index (χ4v) is 2.31. The minimum Gasteiger partial charge on any atom is -0.389 e. The number of aryl methyl sites for hydroxylation is 3. The van der Waals surface area contributed by atoms with Gasteiger partial charge in [0.25, 0.3) is 0 Å². The van der Waals surface area contributed by atoms with E-state index in [0.717, 1.165) is 29.8 Å². The zero-order valence-electron chi connectivity index (χ0n) is 11.6. The van der Waals surface area contributed by atoms with Gasteiger partial charge in [0.1, 0.15) is 4.99 Å². The maximum absolute atomic E-state index is 5.82. The standard InChI is InChI=1S/C15H19N3S/c1-4-11-9-12(5-2)18(17-11)14-8-10(3)6-7-13(14)15(16)19/h6-9H,4-5H2,1-3H3,(H2,16,19). The highest BCUT2D eigenvalue weighted by molar-refractivity contribution is 7.80. The molecule has 2 aromatic rings. The van der Waals surface area contributed by atoms with E-state index in [2.05, 4.69) is 38.0 Å².